The first-order valence-electron chi connectivity index (χ1n) is 10.7. The van der Waals surface area contributed by atoms with Gasteiger partial charge in [-0.15, -0.1) is 6.42 Å². The first kappa shape index (κ1) is 24.2. The molecular formula is C24H36O4. The van der Waals surface area contributed by atoms with Crippen molar-refractivity contribution in [2.45, 2.75) is 83.7 Å². The van der Waals surface area contributed by atoms with E-state index in [9.17, 15) is 14.7 Å². The molecule has 0 spiro atoms. The van der Waals surface area contributed by atoms with Crippen LogP contribution in [0.4, 0.5) is 0 Å². The fourth-order valence-electron chi connectivity index (χ4n) is 3.57. The summed E-state index contributed by atoms with van der Waals surface area (Å²) in [6.07, 6.45) is 20.8. The first-order valence-corrected chi connectivity index (χ1v) is 10.7. The zero-order valence-electron chi connectivity index (χ0n) is 17.5. The van der Waals surface area contributed by atoms with E-state index in [0.717, 1.165) is 38.5 Å². The molecule has 0 heterocycles. The molecule has 1 rings (SSSR count). The van der Waals surface area contributed by atoms with Crippen LogP contribution in [0, 0.1) is 24.2 Å². The number of esters is 1. The normalized spacial score (nSPS) is 21.9. The first-order chi connectivity index (χ1) is 13.5. The van der Waals surface area contributed by atoms with Crippen LogP contribution in [0.2, 0.25) is 0 Å². The van der Waals surface area contributed by atoms with Gasteiger partial charge in [-0.05, 0) is 51.4 Å². The summed E-state index contributed by atoms with van der Waals surface area (Å²) in [5, 5.41) is 10.4. The number of terminal acetylenes is 1. The predicted molar refractivity (Wildman–Crippen MR) is 113 cm³/mol. The smallest absolute Gasteiger partial charge is 0.305 e. The van der Waals surface area contributed by atoms with E-state index in [-0.39, 0.29) is 17.8 Å². The van der Waals surface area contributed by atoms with Gasteiger partial charge in [0.2, 0.25) is 0 Å². The molecule has 0 bridgehead atoms. The average molecular weight is 389 g/mol. The van der Waals surface area contributed by atoms with Crippen molar-refractivity contribution in [2.24, 2.45) is 11.8 Å². The zero-order chi connectivity index (χ0) is 20.8. The van der Waals surface area contributed by atoms with Crippen molar-refractivity contribution in [2.75, 3.05) is 6.61 Å². The lowest BCUT2D eigenvalue weighted by molar-refractivity contribution is -0.143. The van der Waals surface area contributed by atoms with E-state index in [1.165, 1.54) is 0 Å². The minimum absolute atomic E-state index is 0.00660. The molecule has 28 heavy (non-hydrogen) atoms. The molecule has 1 saturated carbocycles. The number of rotatable bonds is 13. The zero-order valence-corrected chi connectivity index (χ0v) is 17.5. The highest BCUT2D eigenvalue weighted by atomic mass is 16.5. The maximum absolute atomic E-state index is 12.2. The standard InChI is InChI=1S/C24H36O4/c1-4-7-18-24(27,5-2)19-12-13-20-16-17-22(25)21(20)14-10-8-9-11-15-23(26)28-6-3/h2,8,10,12-13,20-21,27H,4,6-7,9,11,14-19H2,1,3H3/t20-,21+,24?/m0/s1. The Labute approximate surface area is 170 Å². The predicted octanol–water partition coefficient (Wildman–Crippen LogP) is 4.76. The maximum Gasteiger partial charge on any atom is 0.305 e. The van der Waals surface area contributed by atoms with Gasteiger partial charge >= 0.3 is 5.97 Å². The van der Waals surface area contributed by atoms with Crippen molar-refractivity contribution in [1.82, 2.24) is 0 Å². The van der Waals surface area contributed by atoms with E-state index in [1.54, 1.807) is 6.92 Å². The molecule has 4 heteroatoms. The Bertz CT molecular complexity index is 584. The third kappa shape index (κ3) is 8.89. The van der Waals surface area contributed by atoms with Crippen molar-refractivity contribution >= 4 is 11.8 Å². The monoisotopic (exact) mass is 388 g/mol. The fraction of sp³-hybridized carbons (Fsp3) is 0.667. The molecule has 0 aromatic carbocycles. The minimum atomic E-state index is -1.08. The molecule has 1 aliphatic rings. The van der Waals surface area contributed by atoms with Gasteiger partial charge in [-0.2, -0.15) is 0 Å². The van der Waals surface area contributed by atoms with Crippen molar-refractivity contribution in [3.63, 3.8) is 0 Å². The van der Waals surface area contributed by atoms with Crippen LogP contribution >= 0.6 is 0 Å². The Morgan fingerprint density at radius 1 is 1.32 bits per heavy atom. The summed E-state index contributed by atoms with van der Waals surface area (Å²) in [6, 6.07) is 0. The quantitative estimate of drug-likeness (QED) is 0.214. The molecule has 0 aromatic rings. The third-order valence-corrected chi connectivity index (χ3v) is 5.32. The molecule has 156 valence electrons. The third-order valence-electron chi connectivity index (χ3n) is 5.32. The van der Waals surface area contributed by atoms with Gasteiger partial charge in [0.25, 0.3) is 0 Å². The van der Waals surface area contributed by atoms with Crippen molar-refractivity contribution < 1.29 is 19.4 Å². The number of Topliss-reactive ketones (excluding diaryl/α,β-unsaturated/α-hetero) is 1. The number of carbonyl (C=O) groups is 2. The van der Waals surface area contributed by atoms with Crippen molar-refractivity contribution in [3.8, 4) is 12.3 Å². The number of hydrogen-bond acceptors (Lipinski definition) is 4. The SMILES string of the molecule is C#CC(O)(CC=C[C@H]1CCC(=O)[C@@H]1CC=CCCCC(=O)OCC)CCCC. The van der Waals surface area contributed by atoms with Gasteiger partial charge < -0.3 is 9.84 Å². The molecule has 0 aliphatic heterocycles. The Morgan fingerprint density at radius 2 is 2.11 bits per heavy atom. The van der Waals surface area contributed by atoms with E-state index in [0.29, 0.717) is 38.1 Å². The van der Waals surface area contributed by atoms with Crippen LogP contribution in [0.5, 0.6) is 0 Å². The molecule has 1 N–H and O–H groups in total. The molecule has 1 fully saturated rings. The van der Waals surface area contributed by atoms with E-state index in [4.69, 9.17) is 11.2 Å². The Balaban J connectivity index is 2.44. The van der Waals surface area contributed by atoms with Crippen LogP contribution in [-0.4, -0.2) is 29.1 Å². The fourth-order valence-corrected chi connectivity index (χ4v) is 3.57. The highest BCUT2D eigenvalue weighted by Gasteiger charge is 2.32. The summed E-state index contributed by atoms with van der Waals surface area (Å²) < 4.78 is 4.90. The number of aliphatic hydroxyl groups is 1. The van der Waals surface area contributed by atoms with Gasteiger partial charge in [-0.1, -0.05) is 43.6 Å². The summed E-state index contributed by atoms with van der Waals surface area (Å²) in [5.74, 6) is 2.90. The van der Waals surface area contributed by atoms with Gasteiger partial charge in [0.05, 0.1) is 6.61 Å². The lowest BCUT2D eigenvalue weighted by atomic mass is 9.89. The van der Waals surface area contributed by atoms with Gasteiger partial charge in [0.1, 0.15) is 11.4 Å². The lowest BCUT2D eigenvalue weighted by Crippen LogP contribution is -2.25. The largest absolute Gasteiger partial charge is 0.466 e. The Kier molecular flexibility index (Phi) is 11.5. The van der Waals surface area contributed by atoms with E-state index >= 15 is 0 Å². The summed E-state index contributed by atoms with van der Waals surface area (Å²) >= 11 is 0. The number of unbranched alkanes of at least 4 members (excludes halogenated alkanes) is 2. The van der Waals surface area contributed by atoms with Crippen LogP contribution in [0.15, 0.2) is 24.3 Å². The molecule has 0 radical (unpaired) electrons. The second-order valence-electron chi connectivity index (χ2n) is 7.59. The maximum atomic E-state index is 12.2. The van der Waals surface area contributed by atoms with Crippen molar-refractivity contribution in [1.29, 1.82) is 0 Å². The summed E-state index contributed by atoms with van der Waals surface area (Å²) in [4.78, 5) is 23.5. The van der Waals surface area contributed by atoms with Crippen molar-refractivity contribution in [3.05, 3.63) is 24.3 Å². The Hall–Kier alpha value is -1.86. The van der Waals surface area contributed by atoms with E-state index in [2.05, 4.69) is 25.0 Å². The molecular weight excluding hydrogens is 352 g/mol. The van der Waals surface area contributed by atoms with Gasteiger partial charge in [0, 0.05) is 25.2 Å². The Morgan fingerprint density at radius 3 is 2.79 bits per heavy atom. The number of ketones is 1. The van der Waals surface area contributed by atoms with Crippen LogP contribution in [0.1, 0.15) is 78.1 Å². The topological polar surface area (TPSA) is 63.6 Å². The summed E-state index contributed by atoms with van der Waals surface area (Å²) in [7, 11) is 0. The number of carbonyl (C=O) groups excluding carboxylic acids is 2. The van der Waals surface area contributed by atoms with Crippen LogP contribution in [0.25, 0.3) is 0 Å². The second-order valence-corrected chi connectivity index (χ2v) is 7.59. The number of allylic oxidation sites excluding steroid dienone is 3. The average Bonchev–Trinajstić information content (AvgIpc) is 3.03. The van der Waals surface area contributed by atoms with Crippen LogP contribution in [-0.2, 0) is 14.3 Å². The molecule has 1 unspecified atom stereocenters. The molecule has 0 aromatic heterocycles. The highest BCUT2D eigenvalue weighted by Crippen LogP contribution is 2.33. The van der Waals surface area contributed by atoms with Gasteiger partial charge in [0.15, 0.2) is 0 Å². The summed E-state index contributed by atoms with van der Waals surface area (Å²) in [5.41, 5.74) is -1.08. The van der Waals surface area contributed by atoms with Gasteiger partial charge in [-0.3, -0.25) is 9.59 Å². The molecule has 0 saturated heterocycles. The number of ether oxygens (including phenoxy) is 1. The van der Waals surface area contributed by atoms with Crippen LogP contribution < -0.4 is 0 Å². The summed E-state index contributed by atoms with van der Waals surface area (Å²) in [6.45, 7) is 4.30. The minimum Gasteiger partial charge on any atom is -0.466 e. The highest BCUT2D eigenvalue weighted by molar-refractivity contribution is 5.83. The molecule has 3 atom stereocenters. The van der Waals surface area contributed by atoms with Gasteiger partial charge in [-0.25, -0.2) is 0 Å². The van der Waals surface area contributed by atoms with E-state index < -0.39 is 5.60 Å². The lowest BCUT2D eigenvalue weighted by Gasteiger charge is -2.20. The molecule has 4 nitrogen and oxygen atoms in total. The van der Waals surface area contributed by atoms with E-state index in [1.807, 2.05) is 12.2 Å². The second kappa shape index (κ2) is 13.3. The number of hydrogen-bond donors (Lipinski definition) is 1. The van der Waals surface area contributed by atoms with Crippen LogP contribution in [0.3, 0.4) is 0 Å². The molecule has 1 aliphatic carbocycles. The molecule has 0 amide bonds.